The molecule has 0 radical (unpaired) electrons. The zero-order valence-corrected chi connectivity index (χ0v) is 7.98. The molecule has 1 atom stereocenters. The van der Waals surface area contributed by atoms with Gasteiger partial charge in [0.2, 0.25) is 0 Å². The first-order chi connectivity index (χ1) is 6.72. The molecular weight excluding hydrogens is 176 g/mol. The highest BCUT2D eigenvalue weighted by molar-refractivity contribution is 5.37. The number of benzene rings is 1. The van der Waals surface area contributed by atoms with E-state index in [9.17, 15) is 10.2 Å². The lowest BCUT2D eigenvalue weighted by Gasteiger charge is -2.30. The maximum Gasteiger partial charge on any atom is 0.121 e. The molecule has 1 aliphatic carbocycles. The predicted molar refractivity (Wildman–Crippen MR) is 55.0 cm³/mol. The first kappa shape index (κ1) is 9.28. The van der Waals surface area contributed by atoms with Crippen LogP contribution in [0.3, 0.4) is 0 Å². The van der Waals surface area contributed by atoms with Crippen molar-refractivity contribution >= 4 is 0 Å². The number of phenols is 1. The smallest absolute Gasteiger partial charge is 0.121 e. The van der Waals surface area contributed by atoms with E-state index in [2.05, 4.69) is 6.08 Å². The summed E-state index contributed by atoms with van der Waals surface area (Å²) in [7, 11) is 0. The summed E-state index contributed by atoms with van der Waals surface area (Å²) < 4.78 is 0. The Kier molecular flexibility index (Phi) is 2.30. The van der Waals surface area contributed by atoms with Gasteiger partial charge in [0.1, 0.15) is 5.75 Å². The van der Waals surface area contributed by atoms with Crippen LogP contribution in [0, 0.1) is 0 Å². The van der Waals surface area contributed by atoms with Crippen molar-refractivity contribution in [3.63, 3.8) is 0 Å². The van der Waals surface area contributed by atoms with Gasteiger partial charge in [-0.3, -0.25) is 0 Å². The Balaban J connectivity index is 2.38. The molecule has 0 amide bonds. The van der Waals surface area contributed by atoms with Crippen LogP contribution in [0.25, 0.3) is 0 Å². The topological polar surface area (TPSA) is 40.5 Å². The summed E-state index contributed by atoms with van der Waals surface area (Å²) in [6.07, 6.45) is 6.17. The van der Waals surface area contributed by atoms with Gasteiger partial charge in [0.05, 0.1) is 5.60 Å². The molecule has 1 aromatic carbocycles. The summed E-state index contributed by atoms with van der Waals surface area (Å²) in [5, 5.41) is 20.0. The van der Waals surface area contributed by atoms with Crippen molar-refractivity contribution in [2.75, 3.05) is 0 Å². The number of allylic oxidation sites excluding steroid dienone is 1. The molecule has 1 unspecified atom stereocenters. The molecule has 1 aliphatic rings. The average Bonchev–Trinajstić information content (AvgIpc) is 2.19. The maximum absolute atomic E-state index is 10.3. The Hall–Kier alpha value is -1.28. The predicted octanol–water partition coefficient (Wildman–Crippen LogP) is 2.32. The fraction of sp³-hybridized carbons (Fsp3) is 0.333. The molecule has 0 fully saturated rings. The molecule has 0 saturated carbocycles. The highest BCUT2D eigenvalue weighted by atomic mass is 16.3. The Morgan fingerprint density at radius 3 is 2.57 bits per heavy atom. The van der Waals surface area contributed by atoms with E-state index in [1.165, 1.54) is 0 Å². The zero-order chi connectivity index (χ0) is 10.0. The van der Waals surface area contributed by atoms with Crippen LogP contribution in [-0.2, 0) is 5.60 Å². The molecule has 0 aliphatic heterocycles. The molecule has 2 rings (SSSR count). The van der Waals surface area contributed by atoms with Crippen LogP contribution in [-0.4, -0.2) is 10.2 Å². The van der Waals surface area contributed by atoms with Gasteiger partial charge in [-0.25, -0.2) is 0 Å². The van der Waals surface area contributed by atoms with Crippen molar-refractivity contribution in [1.82, 2.24) is 0 Å². The molecule has 0 spiro atoms. The van der Waals surface area contributed by atoms with Gasteiger partial charge in [-0.1, -0.05) is 30.4 Å². The minimum absolute atomic E-state index is 0.185. The second kappa shape index (κ2) is 3.46. The van der Waals surface area contributed by atoms with Crippen molar-refractivity contribution in [1.29, 1.82) is 0 Å². The lowest BCUT2D eigenvalue weighted by molar-refractivity contribution is 0.0252. The molecule has 2 heteroatoms. The van der Waals surface area contributed by atoms with Gasteiger partial charge in [-0.2, -0.15) is 0 Å². The van der Waals surface area contributed by atoms with Gasteiger partial charge in [0.25, 0.3) is 0 Å². The molecule has 2 N–H and O–H groups in total. The van der Waals surface area contributed by atoms with Gasteiger partial charge >= 0.3 is 0 Å². The third-order valence-corrected chi connectivity index (χ3v) is 2.75. The van der Waals surface area contributed by atoms with E-state index >= 15 is 0 Å². The van der Waals surface area contributed by atoms with Crippen LogP contribution < -0.4 is 0 Å². The molecule has 0 bridgehead atoms. The Labute approximate surface area is 83.5 Å². The summed E-state index contributed by atoms with van der Waals surface area (Å²) in [5.74, 6) is 0.185. The van der Waals surface area contributed by atoms with Crippen LogP contribution in [0.5, 0.6) is 5.75 Å². The molecule has 74 valence electrons. The van der Waals surface area contributed by atoms with Gasteiger partial charge in [0, 0.05) is 5.56 Å². The number of aromatic hydroxyl groups is 1. The van der Waals surface area contributed by atoms with Crippen molar-refractivity contribution < 1.29 is 10.2 Å². The molecule has 0 saturated heterocycles. The van der Waals surface area contributed by atoms with E-state index in [4.69, 9.17) is 0 Å². The molecule has 14 heavy (non-hydrogen) atoms. The van der Waals surface area contributed by atoms with E-state index in [1.807, 2.05) is 12.1 Å². The van der Waals surface area contributed by atoms with Gasteiger partial charge in [-0.15, -0.1) is 0 Å². The Morgan fingerprint density at radius 1 is 1.14 bits per heavy atom. The first-order valence-corrected chi connectivity index (χ1v) is 4.88. The number of phenolic OH excluding ortho intramolecular Hbond substituents is 1. The SMILES string of the molecule is Oc1ccccc1C1(O)CC=CCC1. The van der Waals surface area contributed by atoms with E-state index < -0.39 is 5.60 Å². The van der Waals surface area contributed by atoms with E-state index in [0.717, 1.165) is 6.42 Å². The van der Waals surface area contributed by atoms with Crippen molar-refractivity contribution in [3.05, 3.63) is 42.0 Å². The Bertz CT molecular complexity index is 357. The van der Waals surface area contributed by atoms with Crippen LogP contribution >= 0.6 is 0 Å². The summed E-state index contributed by atoms with van der Waals surface area (Å²) in [6, 6.07) is 7.01. The summed E-state index contributed by atoms with van der Waals surface area (Å²) in [6.45, 7) is 0. The molecule has 0 aromatic heterocycles. The number of para-hydroxylation sites is 1. The average molecular weight is 190 g/mol. The van der Waals surface area contributed by atoms with Crippen LogP contribution in [0.1, 0.15) is 24.8 Å². The van der Waals surface area contributed by atoms with Crippen molar-refractivity contribution in [3.8, 4) is 5.75 Å². The largest absolute Gasteiger partial charge is 0.508 e. The van der Waals surface area contributed by atoms with Gasteiger partial charge in [0.15, 0.2) is 0 Å². The Morgan fingerprint density at radius 2 is 1.93 bits per heavy atom. The van der Waals surface area contributed by atoms with Crippen LogP contribution in [0.2, 0.25) is 0 Å². The second-order valence-corrected chi connectivity index (χ2v) is 3.76. The number of hydrogen-bond donors (Lipinski definition) is 2. The minimum atomic E-state index is -0.875. The highest BCUT2D eigenvalue weighted by Gasteiger charge is 2.31. The summed E-state index contributed by atoms with van der Waals surface area (Å²) >= 11 is 0. The minimum Gasteiger partial charge on any atom is -0.508 e. The van der Waals surface area contributed by atoms with Crippen LogP contribution in [0.15, 0.2) is 36.4 Å². The quantitative estimate of drug-likeness (QED) is 0.667. The maximum atomic E-state index is 10.3. The monoisotopic (exact) mass is 190 g/mol. The summed E-state index contributed by atoms with van der Waals surface area (Å²) in [4.78, 5) is 0. The third kappa shape index (κ3) is 1.53. The second-order valence-electron chi connectivity index (χ2n) is 3.76. The lowest BCUT2D eigenvalue weighted by Crippen LogP contribution is -2.26. The molecular formula is C12H14O2. The standard InChI is InChI=1S/C12H14O2/c13-11-7-3-2-6-10(11)12(14)8-4-1-5-9-12/h1-4,6-7,13-14H,5,8-9H2. The first-order valence-electron chi connectivity index (χ1n) is 4.88. The number of aliphatic hydroxyl groups is 1. The molecule has 0 heterocycles. The van der Waals surface area contributed by atoms with Crippen molar-refractivity contribution in [2.45, 2.75) is 24.9 Å². The van der Waals surface area contributed by atoms with E-state index in [0.29, 0.717) is 18.4 Å². The summed E-state index contributed by atoms with van der Waals surface area (Å²) in [5.41, 5.74) is -0.232. The molecule has 2 nitrogen and oxygen atoms in total. The zero-order valence-electron chi connectivity index (χ0n) is 7.98. The van der Waals surface area contributed by atoms with Crippen molar-refractivity contribution in [2.24, 2.45) is 0 Å². The fourth-order valence-corrected chi connectivity index (χ4v) is 1.93. The van der Waals surface area contributed by atoms with E-state index in [1.54, 1.807) is 18.2 Å². The highest BCUT2D eigenvalue weighted by Crippen LogP contribution is 2.37. The normalized spacial score (nSPS) is 26.4. The fourth-order valence-electron chi connectivity index (χ4n) is 1.93. The number of hydrogen-bond acceptors (Lipinski definition) is 2. The van der Waals surface area contributed by atoms with E-state index in [-0.39, 0.29) is 5.75 Å². The van der Waals surface area contributed by atoms with Gasteiger partial charge in [-0.05, 0) is 25.3 Å². The molecule has 1 aromatic rings. The van der Waals surface area contributed by atoms with Crippen LogP contribution in [0.4, 0.5) is 0 Å². The lowest BCUT2D eigenvalue weighted by atomic mass is 9.82. The third-order valence-electron chi connectivity index (χ3n) is 2.75. The van der Waals surface area contributed by atoms with Gasteiger partial charge < -0.3 is 10.2 Å². The number of rotatable bonds is 1.